The van der Waals surface area contributed by atoms with Gasteiger partial charge in [-0.15, -0.1) is 0 Å². The van der Waals surface area contributed by atoms with Crippen molar-refractivity contribution in [2.75, 3.05) is 0 Å². The molecule has 0 radical (unpaired) electrons. The van der Waals surface area contributed by atoms with Gasteiger partial charge in [0.2, 0.25) is 0 Å². The van der Waals surface area contributed by atoms with Gasteiger partial charge in [0, 0.05) is 43.5 Å². The number of hydrogen-bond acceptors (Lipinski definition) is 2. The molecule has 2 nitrogen and oxygen atoms in total. The molecule has 0 aliphatic heterocycles. The minimum atomic E-state index is -0.237. The second-order valence-corrected chi connectivity index (χ2v) is 22.7. The molecular weight excluding hydrogens is 837 g/mol. The van der Waals surface area contributed by atoms with Gasteiger partial charge in [-0.25, -0.2) is 0 Å². The number of fused-ring (bicyclic) bond motifs is 19. The van der Waals surface area contributed by atoms with Crippen LogP contribution in [-0.2, 0) is 16.2 Å². The van der Waals surface area contributed by atoms with Gasteiger partial charge >= 0.3 is 0 Å². The lowest BCUT2D eigenvalue weighted by molar-refractivity contribution is 0.311. The Bertz CT molecular complexity index is 4110. The van der Waals surface area contributed by atoms with Crippen LogP contribution in [0.3, 0.4) is 0 Å². The first-order valence-electron chi connectivity index (χ1n) is 25.2. The normalized spacial score (nSPS) is 20.7. The standard InChI is InChI=1S/C67H54O2/c1-35-57-51(65(3,4)53-31-47(37-19-9-11-23-41(37)59(53)57)45-27-17-25-43-39-21-13-15-29-55(39)68-63(43)45)33-49-50-34-52-58(36(2)62(50)67(7,8)61(35)49)60-42-24-12-10-20-38(42)48(32-54(60)66(52,5)6)46-28-18-26-44-40-22-14-16-30-56(40)69-64(44)46/h9-23,25-34,42,54,60H,24H2,1-8H3. The molecule has 3 unspecified atom stereocenters. The second kappa shape index (κ2) is 13.1. The number of para-hydroxylation sites is 4. The van der Waals surface area contributed by atoms with Crippen molar-refractivity contribution in [3.63, 3.8) is 0 Å². The second-order valence-electron chi connectivity index (χ2n) is 22.7. The fraction of sp³-hybridized carbons (Fsp3) is 0.224. The van der Waals surface area contributed by atoms with Gasteiger partial charge in [-0.1, -0.05) is 163 Å². The van der Waals surface area contributed by atoms with Gasteiger partial charge < -0.3 is 8.83 Å². The fourth-order valence-corrected chi connectivity index (χ4v) is 15.4. The van der Waals surface area contributed by atoms with Crippen LogP contribution in [-0.4, -0.2) is 0 Å². The van der Waals surface area contributed by atoms with E-state index in [-0.39, 0.29) is 16.2 Å². The van der Waals surface area contributed by atoms with Crippen LogP contribution in [0.25, 0.3) is 93.6 Å². The summed E-state index contributed by atoms with van der Waals surface area (Å²) in [6, 6.07) is 47.3. The lowest BCUT2D eigenvalue weighted by Gasteiger charge is -2.41. The van der Waals surface area contributed by atoms with Gasteiger partial charge in [-0.2, -0.15) is 0 Å². The number of benzene rings is 8. The van der Waals surface area contributed by atoms with Gasteiger partial charge in [-0.3, -0.25) is 0 Å². The van der Waals surface area contributed by atoms with Crippen LogP contribution in [0.5, 0.6) is 0 Å². The maximum Gasteiger partial charge on any atom is 0.143 e. The molecule has 0 N–H and O–H groups in total. The Kier molecular flexibility index (Phi) is 7.57. The predicted octanol–water partition coefficient (Wildman–Crippen LogP) is 18.1. The molecule has 334 valence electrons. The van der Waals surface area contributed by atoms with E-state index in [4.69, 9.17) is 8.83 Å². The summed E-state index contributed by atoms with van der Waals surface area (Å²) < 4.78 is 13.4. The van der Waals surface area contributed by atoms with Gasteiger partial charge in [0.05, 0.1) is 0 Å². The van der Waals surface area contributed by atoms with E-state index in [1.807, 2.05) is 0 Å². The van der Waals surface area contributed by atoms with E-state index in [0.717, 1.165) is 45.1 Å². The molecule has 69 heavy (non-hydrogen) atoms. The van der Waals surface area contributed by atoms with Crippen LogP contribution in [0.2, 0.25) is 0 Å². The summed E-state index contributed by atoms with van der Waals surface area (Å²) in [6.07, 6.45) is 10.8. The van der Waals surface area contributed by atoms with E-state index in [2.05, 4.69) is 207 Å². The summed E-state index contributed by atoms with van der Waals surface area (Å²) in [5.74, 6) is 1.10. The molecule has 8 aromatic carbocycles. The van der Waals surface area contributed by atoms with E-state index < -0.39 is 0 Å². The molecule has 2 heterocycles. The van der Waals surface area contributed by atoms with Crippen molar-refractivity contribution in [1.82, 2.24) is 0 Å². The van der Waals surface area contributed by atoms with Crippen LogP contribution in [0, 0.1) is 25.7 Å². The molecule has 5 aliphatic carbocycles. The number of furan rings is 2. The average Bonchev–Trinajstić information content (AvgIpc) is 4.10. The maximum absolute atomic E-state index is 6.73. The summed E-state index contributed by atoms with van der Waals surface area (Å²) in [6.45, 7) is 20.0. The monoisotopic (exact) mass is 890 g/mol. The smallest absolute Gasteiger partial charge is 0.143 e. The van der Waals surface area contributed by atoms with Gasteiger partial charge in [0.1, 0.15) is 22.3 Å². The van der Waals surface area contributed by atoms with Crippen molar-refractivity contribution in [1.29, 1.82) is 0 Å². The third-order valence-electron chi connectivity index (χ3n) is 18.3. The lowest BCUT2D eigenvalue weighted by atomic mass is 9.62. The molecular formula is C67H54O2. The van der Waals surface area contributed by atoms with Crippen LogP contribution in [0.4, 0.5) is 0 Å². The summed E-state index contributed by atoms with van der Waals surface area (Å²) in [5, 5.41) is 7.28. The van der Waals surface area contributed by atoms with Gasteiger partial charge in [-0.05, 0) is 168 Å². The molecule has 15 rings (SSSR count). The van der Waals surface area contributed by atoms with Crippen LogP contribution >= 0.6 is 0 Å². The van der Waals surface area contributed by atoms with E-state index in [1.165, 1.54) is 105 Å². The van der Waals surface area contributed by atoms with Crippen molar-refractivity contribution < 1.29 is 8.83 Å². The molecule has 5 aliphatic rings. The van der Waals surface area contributed by atoms with Gasteiger partial charge in [0.25, 0.3) is 0 Å². The zero-order chi connectivity index (χ0) is 46.6. The average molecular weight is 891 g/mol. The van der Waals surface area contributed by atoms with Crippen molar-refractivity contribution in [3.05, 3.63) is 207 Å². The van der Waals surface area contributed by atoms with Gasteiger partial charge in [0.15, 0.2) is 0 Å². The summed E-state index contributed by atoms with van der Waals surface area (Å²) in [7, 11) is 0. The van der Waals surface area contributed by atoms with E-state index in [1.54, 1.807) is 5.56 Å². The Labute approximate surface area is 403 Å². The predicted molar refractivity (Wildman–Crippen MR) is 288 cm³/mol. The number of allylic oxidation sites excluding steroid dienone is 6. The van der Waals surface area contributed by atoms with Crippen molar-refractivity contribution in [3.8, 4) is 33.4 Å². The zero-order valence-corrected chi connectivity index (χ0v) is 40.7. The Morgan fingerprint density at radius 3 is 1.74 bits per heavy atom. The highest BCUT2D eigenvalue weighted by Gasteiger charge is 2.54. The quantitative estimate of drug-likeness (QED) is 0.173. The van der Waals surface area contributed by atoms with Crippen LogP contribution in [0.15, 0.2) is 166 Å². The van der Waals surface area contributed by atoms with Crippen LogP contribution in [0.1, 0.15) is 104 Å². The first kappa shape index (κ1) is 39.8. The number of rotatable bonds is 2. The Morgan fingerprint density at radius 1 is 0.493 bits per heavy atom. The van der Waals surface area contributed by atoms with Crippen molar-refractivity contribution >= 4 is 60.2 Å². The summed E-state index contributed by atoms with van der Waals surface area (Å²) in [4.78, 5) is 0. The Hall–Kier alpha value is -7.16. The summed E-state index contributed by atoms with van der Waals surface area (Å²) in [5.41, 5.74) is 27.3. The van der Waals surface area contributed by atoms with E-state index in [0.29, 0.717) is 17.8 Å². The minimum absolute atomic E-state index is 0.0916. The molecule has 2 aromatic heterocycles. The molecule has 10 aromatic rings. The van der Waals surface area contributed by atoms with E-state index in [9.17, 15) is 0 Å². The van der Waals surface area contributed by atoms with Crippen molar-refractivity contribution in [2.45, 2.75) is 84.0 Å². The summed E-state index contributed by atoms with van der Waals surface area (Å²) >= 11 is 0. The maximum atomic E-state index is 6.73. The third kappa shape index (κ3) is 4.83. The molecule has 0 saturated carbocycles. The number of hydrogen-bond donors (Lipinski definition) is 0. The minimum Gasteiger partial charge on any atom is -0.455 e. The molecule has 0 fully saturated rings. The highest BCUT2D eigenvalue weighted by molar-refractivity contribution is 6.16. The largest absolute Gasteiger partial charge is 0.455 e. The Morgan fingerprint density at radius 2 is 1.04 bits per heavy atom. The zero-order valence-electron chi connectivity index (χ0n) is 40.7. The first-order valence-corrected chi connectivity index (χ1v) is 25.2. The van der Waals surface area contributed by atoms with Crippen LogP contribution < -0.4 is 0 Å². The van der Waals surface area contributed by atoms with Crippen molar-refractivity contribution in [2.24, 2.45) is 11.8 Å². The first-order chi connectivity index (χ1) is 33.4. The lowest BCUT2D eigenvalue weighted by Crippen LogP contribution is -2.32. The third-order valence-corrected chi connectivity index (χ3v) is 18.3. The fourth-order valence-electron chi connectivity index (χ4n) is 15.4. The van der Waals surface area contributed by atoms with E-state index >= 15 is 0 Å². The molecule has 0 amide bonds. The molecule has 0 saturated heterocycles. The Balaban J connectivity index is 0.917. The highest BCUT2D eigenvalue weighted by atomic mass is 16.3. The highest BCUT2D eigenvalue weighted by Crippen LogP contribution is 2.66. The molecule has 2 heteroatoms. The molecule has 0 bridgehead atoms. The topological polar surface area (TPSA) is 26.3 Å². The molecule has 3 atom stereocenters. The molecule has 0 spiro atoms. The SMILES string of the molecule is Cc1c2c(cc3c1C(C)(C)c1c-3cc3c(c1C)C1C4CC=CC=C4C(c4cccc5c4oc4ccccc45)=CC1C3(C)C)C(C)(C)c1cc(-c3cccc4c3oc3ccccc34)c3ccccc3c1-2.